The number of hydrogen-bond acceptors (Lipinski definition) is 3. The van der Waals surface area contributed by atoms with Crippen LogP contribution in [0, 0.1) is 0 Å². The lowest BCUT2D eigenvalue weighted by Crippen LogP contribution is -2.43. The Morgan fingerprint density at radius 2 is 1.62 bits per heavy atom. The highest BCUT2D eigenvalue weighted by atomic mass is 16.5. The van der Waals surface area contributed by atoms with E-state index < -0.39 is 18.0 Å². The minimum absolute atomic E-state index is 0.177. The molecule has 150 valence electrons. The van der Waals surface area contributed by atoms with Crippen molar-refractivity contribution < 1.29 is 23.9 Å². The molecule has 0 heterocycles. The summed E-state index contributed by atoms with van der Waals surface area (Å²) >= 11 is 0. The SMILES string of the molecule is CCCCCCCCCC=CC=CC(=O)O[C@H](CC(=O)O)C[N+]([13CH3])([13CH3])[13CH3]. The number of allylic oxidation sites excluding steroid dienone is 3. The summed E-state index contributed by atoms with van der Waals surface area (Å²) in [7, 11) is 5.81. The van der Waals surface area contributed by atoms with Crippen molar-refractivity contribution in [1.82, 2.24) is 0 Å². The lowest BCUT2D eigenvalue weighted by Gasteiger charge is -2.28. The average Bonchev–Trinajstić information content (AvgIpc) is 2.50. The molecule has 0 aromatic heterocycles. The summed E-state index contributed by atoms with van der Waals surface area (Å²) in [6.45, 7) is 2.68. The van der Waals surface area contributed by atoms with Crippen molar-refractivity contribution in [3.05, 3.63) is 24.3 Å². The van der Waals surface area contributed by atoms with E-state index in [2.05, 4.69) is 13.0 Å². The van der Waals surface area contributed by atoms with Gasteiger partial charge in [-0.05, 0) is 12.8 Å². The van der Waals surface area contributed by atoms with E-state index in [1.54, 1.807) is 6.08 Å². The number of carboxylic acid groups (broad SMARTS) is 1. The van der Waals surface area contributed by atoms with E-state index >= 15 is 0 Å². The largest absolute Gasteiger partial charge is 0.481 e. The molecule has 1 atom stereocenters. The molecule has 0 fully saturated rings. The molecule has 0 aliphatic heterocycles. The molecule has 0 saturated carbocycles. The zero-order chi connectivity index (χ0) is 19.8. The van der Waals surface area contributed by atoms with Crippen molar-refractivity contribution in [1.29, 1.82) is 0 Å². The number of likely N-dealkylation sites (N-methyl/N-ethyl adjacent to an activating group) is 1. The van der Waals surface area contributed by atoms with Gasteiger partial charge in [-0.3, -0.25) is 4.79 Å². The molecule has 0 rings (SSSR count). The first-order chi connectivity index (χ1) is 12.2. The number of unbranched alkanes of at least 4 members (excludes halogenated alkanes) is 7. The summed E-state index contributed by atoms with van der Waals surface area (Å²) in [4.78, 5) is 22.7. The van der Waals surface area contributed by atoms with Gasteiger partial charge < -0.3 is 14.3 Å². The highest BCUT2D eigenvalue weighted by Gasteiger charge is 2.23. The molecule has 0 aromatic rings. The van der Waals surface area contributed by atoms with E-state index in [1.807, 2.05) is 27.2 Å². The smallest absolute Gasteiger partial charge is 0.331 e. The maximum absolute atomic E-state index is 11.8. The predicted octanol–water partition coefficient (Wildman–Crippen LogP) is 4.33. The van der Waals surface area contributed by atoms with Gasteiger partial charge in [0, 0.05) is 6.08 Å². The lowest BCUT2D eigenvalue weighted by atomic mass is 10.1. The Balaban J connectivity index is 4.02. The van der Waals surface area contributed by atoms with Crippen molar-refractivity contribution in [2.24, 2.45) is 0 Å². The van der Waals surface area contributed by atoms with E-state index in [4.69, 9.17) is 9.84 Å². The summed E-state index contributed by atoms with van der Waals surface area (Å²) in [6.07, 6.45) is 16.1. The van der Waals surface area contributed by atoms with Crippen LogP contribution in [0.5, 0.6) is 0 Å². The number of nitrogens with zero attached hydrogens (tertiary/aromatic N) is 1. The number of rotatable bonds is 15. The summed E-state index contributed by atoms with van der Waals surface area (Å²) in [5, 5.41) is 8.94. The van der Waals surface area contributed by atoms with E-state index in [0.29, 0.717) is 11.0 Å². The molecule has 0 amide bonds. The van der Waals surface area contributed by atoms with Gasteiger partial charge in [-0.1, -0.05) is 63.7 Å². The molecule has 0 radical (unpaired) electrons. The number of aliphatic carboxylic acids is 1. The first kappa shape index (κ1) is 24.4. The number of ether oxygens (including phenoxy) is 1. The fraction of sp³-hybridized carbons (Fsp3) is 0.714. The van der Waals surface area contributed by atoms with Gasteiger partial charge in [0.1, 0.15) is 6.54 Å². The van der Waals surface area contributed by atoms with Gasteiger partial charge in [0.15, 0.2) is 6.10 Å². The van der Waals surface area contributed by atoms with Crippen LogP contribution in [0.15, 0.2) is 24.3 Å². The van der Waals surface area contributed by atoms with Crippen LogP contribution >= 0.6 is 0 Å². The molecule has 1 N–H and O–H groups in total. The molecule has 0 unspecified atom stereocenters. The quantitative estimate of drug-likeness (QED) is 0.116. The van der Waals surface area contributed by atoms with Crippen molar-refractivity contribution >= 4 is 11.9 Å². The third kappa shape index (κ3) is 17.2. The average molecular weight is 372 g/mol. The Hall–Kier alpha value is -1.62. The number of hydrogen-bond donors (Lipinski definition) is 1. The van der Waals surface area contributed by atoms with Crippen LogP contribution in [0.4, 0.5) is 0 Å². The van der Waals surface area contributed by atoms with Crippen LogP contribution in [0.1, 0.15) is 64.7 Å². The summed E-state index contributed by atoms with van der Waals surface area (Å²) in [6, 6.07) is 0. The van der Waals surface area contributed by atoms with Crippen LogP contribution in [0.2, 0.25) is 0 Å². The fourth-order valence-electron chi connectivity index (χ4n) is 2.68. The van der Waals surface area contributed by atoms with Crippen molar-refractivity contribution in [2.75, 3.05) is 27.7 Å². The number of carbonyl (C=O) groups is 2. The van der Waals surface area contributed by atoms with Crippen molar-refractivity contribution in [3.8, 4) is 0 Å². The Morgan fingerprint density at radius 3 is 2.19 bits per heavy atom. The highest BCUT2D eigenvalue weighted by Crippen LogP contribution is 2.09. The number of carboxylic acids is 1. The molecule has 0 saturated heterocycles. The normalized spacial score (nSPS) is 13.4. The number of quaternary nitrogens is 1. The zero-order valence-corrected chi connectivity index (χ0v) is 17.1. The molecule has 5 heteroatoms. The van der Waals surface area contributed by atoms with Crippen LogP contribution in [-0.2, 0) is 14.3 Å². The first-order valence-corrected chi connectivity index (χ1v) is 9.80. The molecular formula is C21H38NO4+. The van der Waals surface area contributed by atoms with Crippen molar-refractivity contribution in [3.63, 3.8) is 0 Å². The molecular weight excluding hydrogens is 333 g/mol. The molecule has 0 aromatic carbocycles. The lowest BCUT2D eigenvalue weighted by molar-refractivity contribution is -0.873. The van der Waals surface area contributed by atoms with Crippen LogP contribution in [0.3, 0.4) is 0 Å². The van der Waals surface area contributed by atoms with Crippen LogP contribution < -0.4 is 0 Å². The van der Waals surface area contributed by atoms with E-state index in [1.165, 1.54) is 51.0 Å². The fourth-order valence-corrected chi connectivity index (χ4v) is 2.68. The highest BCUT2D eigenvalue weighted by molar-refractivity contribution is 5.82. The van der Waals surface area contributed by atoms with Gasteiger partial charge in [0.2, 0.25) is 0 Å². The van der Waals surface area contributed by atoms with E-state index in [-0.39, 0.29) is 6.42 Å². The number of carbonyl (C=O) groups excluding carboxylic acids is 1. The van der Waals surface area contributed by atoms with Crippen molar-refractivity contribution in [2.45, 2.75) is 70.8 Å². The van der Waals surface area contributed by atoms with Gasteiger partial charge in [-0.25, -0.2) is 4.79 Å². The Kier molecular flexibility index (Phi) is 13.6. The molecule has 0 spiro atoms. The van der Waals surface area contributed by atoms with E-state index in [0.717, 1.165) is 6.42 Å². The Labute approximate surface area is 159 Å². The zero-order valence-electron chi connectivity index (χ0n) is 17.1. The van der Waals surface area contributed by atoms with Gasteiger partial charge in [-0.15, -0.1) is 0 Å². The maximum Gasteiger partial charge on any atom is 0.331 e. The summed E-state index contributed by atoms with van der Waals surface area (Å²) < 4.78 is 5.81. The molecule has 5 nitrogen and oxygen atoms in total. The van der Waals surface area contributed by atoms with Gasteiger partial charge in [-0.2, -0.15) is 0 Å². The molecule has 0 aliphatic rings. The summed E-state index contributed by atoms with van der Waals surface area (Å²) in [5.41, 5.74) is 0. The van der Waals surface area contributed by atoms with Crippen LogP contribution in [0.25, 0.3) is 0 Å². The molecule has 0 aliphatic carbocycles. The predicted molar refractivity (Wildman–Crippen MR) is 106 cm³/mol. The maximum atomic E-state index is 11.8. The second kappa shape index (κ2) is 14.5. The second-order valence-corrected chi connectivity index (χ2v) is 7.83. The van der Waals surface area contributed by atoms with Gasteiger partial charge in [0.05, 0.1) is 27.6 Å². The summed E-state index contributed by atoms with van der Waals surface area (Å²) in [5.74, 6) is -1.46. The van der Waals surface area contributed by atoms with Gasteiger partial charge in [0.25, 0.3) is 0 Å². The molecule has 0 bridgehead atoms. The second-order valence-electron chi connectivity index (χ2n) is 7.83. The first-order valence-electron chi connectivity index (χ1n) is 9.80. The van der Waals surface area contributed by atoms with Crippen LogP contribution in [-0.4, -0.2) is 55.3 Å². The third-order valence-corrected chi connectivity index (χ3v) is 3.89. The minimum atomic E-state index is -0.963. The monoisotopic (exact) mass is 371 g/mol. The third-order valence-electron chi connectivity index (χ3n) is 3.89. The Bertz CT molecular complexity index is 449. The standard InChI is InChI=1S/C21H37NO4/c1-5-6-7-8-9-10-11-12-13-14-15-16-21(25)26-19(17-20(23)24)18-22(2,3)4/h13-16,19H,5-12,17-18H2,1-4H3/p+1/t19-/m1/s1/i2+1,3+1,4+1. The molecule has 26 heavy (non-hydrogen) atoms. The minimum Gasteiger partial charge on any atom is -0.481 e. The number of esters is 1. The Morgan fingerprint density at radius 1 is 1.00 bits per heavy atom. The topological polar surface area (TPSA) is 63.6 Å². The van der Waals surface area contributed by atoms with E-state index in [9.17, 15) is 9.59 Å². The van der Waals surface area contributed by atoms with Gasteiger partial charge >= 0.3 is 11.9 Å².